The van der Waals surface area contributed by atoms with Gasteiger partial charge < -0.3 is 5.11 Å². The Morgan fingerprint density at radius 2 is 2.15 bits per heavy atom. The highest BCUT2D eigenvalue weighted by atomic mass is 32.2. The monoisotopic (exact) mass is 205 g/mol. The number of nitrogens with zero attached hydrogens (tertiary/aromatic N) is 1. The summed E-state index contributed by atoms with van der Waals surface area (Å²) < 4.78 is 0. The van der Waals surface area contributed by atoms with E-state index in [9.17, 15) is 4.79 Å². The molecule has 4 heteroatoms. The Labute approximate surface area is 84.5 Å². The van der Waals surface area contributed by atoms with Gasteiger partial charge in [0, 0.05) is 0 Å². The maximum Gasteiger partial charge on any atom is 0.317 e. The topological polar surface area (TPSA) is 40.5 Å². The van der Waals surface area contributed by atoms with E-state index < -0.39 is 5.97 Å². The molecule has 0 aromatic rings. The molecule has 0 rings (SSSR count). The SMILES string of the molecule is CCCN(CCCSC)CC(=O)O. The first-order valence-electron chi connectivity index (χ1n) is 4.63. The van der Waals surface area contributed by atoms with Crippen LogP contribution in [0.2, 0.25) is 0 Å². The molecular weight excluding hydrogens is 186 g/mol. The maximum absolute atomic E-state index is 10.5. The molecule has 0 aliphatic rings. The van der Waals surface area contributed by atoms with Gasteiger partial charge in [0.25, 0.3) is 0 Å². The Morgan fingerprint density at radius 1 is 1.46 bits per heavy atom. The summed E-state index contributed by atoms with van der Waals surface area (Å²) in [5.74, 6) is 0.387. The highest BCUT2D eigenvalue weighted by Crippen LogP contribution is 1.99. The molecule has 0 radical (unpaired) electrons. The highest BCUT2D eigenvalue weighted by molar-refractivity contribution is 7.98. The summed E-state index contributed by atoms with van der Waals surface area (Å²) in [7, 11) is 0. The summed E-state index contributed by atoms with van der Waals surface area (Å²) in [5, 5.41) is 8.62. The number of rotatable bonds is 8. The standard InChI is InChI=1S/C9H19NO2S/c1-3-5-10(8-9(11)12)6-4-7-13-2/h3-8H2,1-2H3,(H,11,12). The van der Waals surface area contributed by atoms with Gasteiger partial charge in [0.2, 0.25) is 0 Å². The summed E-state index contributed by atoms with van der Waals surface area (Å²) in [4.78, 5) is 12.5. The summed E-state index contributed by atoms with van der Waals surface area (Å²) in [6.07, 6.45) is 4.17. The van der Waals surface area contributed by atoms with E-state index in [4.69, 9.17) is 5.11 Å². The van der Waals surface area contributed by atoms with Gasteiger partial charge in [0.05, 0.1) is 6.54 Å². The Kier molecular flexibility index (Phi) is 8.24. The second-order valence-electron chi connectivity index (χ2n) is 3.02. The predicted octanol–water partition coefficient (Wildman–Crippen LogP) is 1.54. The van der Waals surface area contributed by atoms with Crippen molar-refractivity contribution in [2.45, 2.75) is 19.8 Å². The molecule has 0 amide bonds. The number of hydrogen-bond donors (Lipinski definition) is 1. The molecule has 78 valence electrons. The van der Waals surface area contributed by atoms with E-state index in [1.165, 1.54) is 0 Å². The first-order chi connectivity index (χ1) is 6.20. The molecular formula is C9H19NO2S. The van der Waals surface area contributed by atoms with Crippen molar-refractivity contribution in [3.63, 3.8) is 0 Å². The quantitative estimate of drug-likeness (QED) is 0.610. The average molecular weight is 205 g/mol. The minimum Gasteiger partial charge on any atom is -0.480 e. The van der Waals surface area contributed by atoms with Crippen LogP contribution in [0.4, 0.5) is 0 Å². The molecule has 1 N–H and O–H groups in total. The van der Waals surface area contributed by atoms with Gasteiger partial charge in [-0.3, -0.25) is 9.69 Å². The molecule has 0 saturated carbocycles. The summed E-state index contributed by atoms with van der Waals surface area (Å²) in [6.45, 7) is 4.05. The van der Waals surface area contributed by atoms with Crippen molar-refractivity contribution in [3.05, 3.63) is 0 Å². The van der Waals surface area contributed by atoms with Gasteiger partial charge in [0.1, 0.15) is 0 Å². The lowest BCUT2D eigenvalue weighted by Crippen LogP contribution is -2.31. The van der Waals surface area contributed by atoms with Gasteiger partial charge in [-0.05, 0) is 37.9 Å². The lowest BCUT2D eigenvalue weighted by Gasteiger charge is -2.18. The third-order valence-corrected chi connectivity index (χ3v) is 2.42. The average Bonchev–Trinajstić information content (AvgIpc) is 2.04. The van der Waals surface area contributed by atoms with Gasteiger partial charge in [-0.15, -0.1) is 0 Å². The van der Waals surface area contributed by atoms with Crippen LogP contribution in [0.5, 0.6) is 0 Å². The maximum atomic E-state index is 10.5. The van der Waals surface area contributed by atoms with E-state index in [2.05, 4.69) is 13.2 Å². The first kappa shape index (κ1) is 12.8. The Morgan fingerprint density at radius 3 is 2.62 bits per heavy atom. The molecule has 0 aromatic heterocycles. The second-order valence-corrected chi connectivity index (χ2v) is 4.00. The van der Waals surface area contributed by atoms with Crippen molar-refractivity contribution >= 4 is 17.7 Å². The predicted molar refractivity (Wildman–Crippen MR) is 57.4 cm³/mol. The fourth-order valence-corrected chi connectivity index (χ4v) is 1.63. The highest BCUT2D eigenvalue weighted by Gasteiger charge is 2.07. The molecule has 3 nitrogen and oxygen atoms in total. The van der Waals surface area contributed by atoms with Gasteiger partial charge in [0.15, 0.2) is 0 Å². The number of carbonyl (C=O) groups is 1. The molecule has 0 aliphatic heterocycles. The summed E-state index contributed by atoms with van der Waals surface area (Å²) in [6, 6.07) is 0. The Bertz CT molecular complexity index is 142. The van der Waals surface area contributed by atoms with E-state index in [1.54, 1.807) is 11.8 Å². The van der Waals surface area contributed by atoms with Crippen LogP contribution in [-0.4, -0.2) is 47.6 Å². The van der Waals surface area contributed by atoms with Crippen LogP contribution in [0.1, 0.15) is 19.8 Å². The van der Waals surface area contributed by atoms with Gasteiger partial charge in [-0.2, -0.15) is 11.8 Å². The zero-order valence-electron chi connectivity index (χ0n) is 8.45. The molecule has 0 aromatic carbocycles. The van der Waals surface area contributed by atoms with E-state index in [1.807, 2.05) is 4.90 Å². The smallest absolute Gasteiger partial charge is 0.317 e. The third-order valence-electron chi connectivity index (χ3n) is 1.72. The molecule has 13 heavy (non-hydrogen) atoms. The van der Waals surface area contributed by atoms with Crippen LogP contribution in [0.25, 0.3) is 0 Å². The van der Waals surface area contributed by atoms with Crippen LogP contribution >= 0.6 is 11.8 Å². The zero-order valence-corrected chi connectivity index (χ0v) is 9.27. The lowest BCUT2D eigenvalue weighted by molar-refractivity contribution is -0.138. The van der Waals surface area contributed by atoms with Crippen molar-refractivity contribution in [1.29, 1.82) is 0 Å². The van der Waals surface area contributed by atoms with Crippen molar-refractivity contribution in [3.8, 4) is 0 Å². The third kappa shape index (κ3) is 8.12. The Hall–Kier alpha value is -0.220. The van der Waals surface area contributed by atoms with Crippen LogP contribution in [0, 0.1) is 0 Å². The van der Waals surface area contributed by atoms with E-state index in [0.717, 1.165) is 31.7 Å². The normalized spacial score (nSPS) is 10.7. The summed E-state index contributed by atoms with van der Waals surface area (Å²) >= 11 is 1.81. The Balaban J connectivity index is 3.59. The second kappa shape index (κ2) is 8.38. The van der Waals surface area contributed by atoms with E-state index in [-0.39, 0.29) is 6.54 Å². The van der Waals surface area contributed by atoms with Gasteiger partial charge in [-0.25, -0.2) is 0 Å². The molecule has 0 heterocycles. The van der Waals surface area contributed by atoms with Crippen LogP contribution in [0.3, 0.4) is 0 Å². The minimum atomic E-state index is -0.724. The van der Waals surface area contributed by atoms with E-state index >= 15 is 0 Å². The van der Waals surface area contributed by atoms with Crippen molar-refractivity contribution in [2.75, 3.05) is 31.6 Å². The van der Waals surface area contributed by atoms with Crippen LogP contribution in [0.15, 0.2) is 0 Å². The molecule has 0 saturated heterocycles. The molecule has 0 fully saturated rings. The van der Waals surface area contributed by atoms with E-state index in [0.29, 0.717) is 0 Å². The largest absolute Gasteiger partial charge is 0.480 e. The number of thioether (sulfide) groups is 1. The van der Waals surface area contributed by atoms with Crippen molar-refractivity contribution in [1.82, 2.24) is 4.90 Å². The lowest BCUT2D eigenvalue weighted by atomic mass is 10.3. The minimum absolute atomic E-state index is 0.183. The van der Waals surface area contributed by atoms with Crippen LogP contribution < -0.4 is 0 Å². The number of carboxylic acid groups (broad SMARTS) is 1. The molecule has 0 unspecified atom stereocenters. The molecule has 0 atom stereocenters. The van der Waals surface area contributed by atoms with Gasteiger partial charge in [-0.1, -0.05) is 6.92 Å². The fourth-order valence-electron chi connectivity index (χ4n) is 1.21. The number of aliphatic carboxylic acids is 1. The number of carboxylic acids is 1. The van der Waals surface area contributed by atoms with Crippen LogP contribution in [-0.2, 0) is 4.79 Å². The van der Waals surface area contributed by atoms with Crippen molar-refractivity contribution in [2.24, 2.45) is 0 Å². The summed E-state index contributed by atoms with van der Waals surface area (Å²) in [5.41, 5.74) is 0. The van der Waals surface area contributed by atoms with Gasteiger partial charge >= 0.3 is 5.97 Å². The number of hydrogen-bond acceptors (Lipinski definition) is 3. The molecule has 0 aliphatic carbocycles. The first-order valence-corrected chi connectivity index (χ1v) is 6.03. The fraction of sp³-hybridized carbons (Fsp3) is 0.889. The zero-order chi connectivity index (χ0) is 10.1. The molecule has 0 bridgehead atoms. The van der Waals surface area contributed by atoms with Crippen molar-refractivity contribution < 1.29 is 9.90 Å². The molecule has 0 spiro atoms.